The Morgan fingerprint density at radius 1 is 0.943 bits per heavy atom. The molecule has 4 aromatic rings. The van der Waals surface area contributed by atoms with Gasteiger partial charge in [-0.1, -0.05) is 60.7 Å². The third kappa shape index (κ3) is 6.35. The number of carbonyl (C=O) groups excluding carboxylic acids is 1. The number of benzene rings is 3. The predicted molar refractivity (Wildman–Crippen MR) is 136 cm³/mol. The van der Waals surface area contributed by atoms with E-state index >= 15 is 0 Å². The van der Waals surface area contributed by atoms with E-state index in [1.807, 2.05) is 55.5 Å². The predicted octanol–water partition coefficient (Wildman–Crippen LogP) is 5.43. The average Bonchev–Trinajstić information content (AvgIpc) is 3.16. The van der Waals surface area contributed by atoms with Gasteiger partial charge >= 0.3 is 0 Å². The Labute approximate surface area is 204 Å². The normalized spacial score (nSPS) is 11.8. The van der Waals surface area contributed by atoms with Crippen molar-refractivity contribution in [3.8, 4) is 5.69 Å². The van der Waals surface area contributed by atoms with Gasteiger partial charge in [0.1, 0.15) is 5.82 Å². The van der Waals surface area contributed by atoms with Gasteiger partial charge < -0.3 is 5.32 Å². The summed E-state index contributed by atoms with van der Waals surface area (Å²) < 4.78 is 14.6. The van der Waals surface area contributed by atoms with E-state index in [1.165, 1.54) is 22.4 Å². The van der Waals surface area contributed by atoms with Gasteiger partial charge in [-0.3, -0.25) is 14.7 Å². The summed E-state index contributed by atoms with van der Waals surface area (Å²) in [4.78, 5) is 25.8. The van der Waals surface area contributed by atoms with Crippen molar-refractivity contribution >= 4 is 5.91 Å². The van der Waals surface area contributed by atoms with Gasteiger partial charge in [-0.05, 0) is 68.0 Å². The highest BCUT2D eigenvalue weighted by molar-refractivity contribution is 5.76. The summed E-state index contributed by atoms with van der Waals surface area (Å²) in [5, 5.41) is 6.21. The lowest BCUT2D eigenvalue weighted by atomic mass is 9.98. The van der Waals surface area contributed by atoms with E-state index in [0.29, 0.717) is 23.4 Å². The highest BCUT2D eigenvalue weighted by Gasteiger charge is 2.17. The van der Waals surface area contributed by atoms with Gasteiger partial charge in [0.15, 0.2) is 0 Å². The van der Waals surface area contributed by atoms with Crippen LogP contribution in [0.2, 0.25) is 0 Å². The molecular weight excluding hydrogens is 441 g/mol. The molecule has 0 aliphatic rings. The topological polar surface area (TPSA) is 66.9 Å². The average molecular weight is 472 g/mol. The van der Waals surface area contributed by atoms with E-state index in [1.54, 1.807) is 12.1 Å². The van der Waals surface area contributed by atoms with Gasteiger partial charge in [-0.25, -0.2) is 9.07 Å². The van der Waals surface area contributed by atoms with Crippen molar-refractivity contribution in [3.63, 3.8) is 0 Å². The molecule has 1 atom stereocenters. The molecule has 6 heteroatoms. The number of nitrogens with one attached hydrogen (secondary N) is 2. The molecule has 1 amide bonds. The number of H-pyrrole nitrogens is 1. The zero-order chi connectivity index (χ0) is 24.6. The molecule has 2 N–H and O–H groups in total. The number of amides is 1. The summed E-state index contributed by atoms with van der Waals surface area (Å²) >= 11 is 0. The first-order valence-corrected chi connectivity index (χ1v) is 12.0. The van der Waals surface area contributed by atoms with Crippen LogP contribution in [-0.2, 0) is 17.6 Å². The first kappa shape index (κ1) is 24.2. The molecule has 1 aromatic heterocycles. The van der Waals surface area contributed by atoms with Crippen molar-refractivity contribution < 1.29 is 9.18 Å². The smallest absolute Gasteiger partial charge is 0.274 e. The van der Waals surface area contributed by atoms with Crippen molar-refractivity contribution in [1.82, 2.24) is 15.1 Å². The van der Waals surface area contributed by atoms with Crippen LogP contribution in [0.1, 0.15) is 47.7 Å². The van der Waals surface area contributed by atoms with Crippen LogP contribution >= 0.6 is 0 Å². The minimum Gasteiger partial charge on any atom is -0.349 e. The van der Waals surface area contributed by atoms with Crippen LogP contribution in [0, 0.1) is 12.7 Å². The summed E-state index contributed by atoms with van der Waals surface area (Å²) in [6.07, 6.45) is 3.26. The molecule has 3 aromatic carbocycles. The first-order chi connectivity index (χ1) is 17.0. The van der Waals surface area contributed by atoms with Crippen LogP contribution in [0.5, 0.6) is 0 Å². The number of hydrogen-bond acceptors (Lipinski definition) is 2. The Balaban J connectivity index is 1.39. The van der Waals surface area contributed by atoms with Crippen LogP contribution < -0.4 is 10.9 Å². The number of aromatic amines is 1. The summed E-state index contributed by atoms with van der Waals surface area (Å²) in [6, 6.07) is 25.9. The second kappa shape index (κ2) is 11.5. The standard InChI is InChI=1S/C29H30FN3O2/c1-21-26(29(35)33(32-21)25-17-15-24(30)16-18-25)19-20-28(34)31-27(23-12-6-3-7-13-23)14-8-11-22-9-4-2-5-10-22/h2-7,9-10,12-13,15-18,27,32H,8,11,14,19-20H2,1H3,(H,31,34)/t27-/m0/s1. The fourth-order valence-electron chi connectivity index (χ4n) is 4.32. The van der Waals surface area contributed by atoms with E-state index in [9.17, 15) is 14.0 Å². The molecule has 0 unspecified atom stereocenters. The maximum Gasteiger partial charge on any atom is 0.274 e. The lowest BCUT2D eigenvalue weighted by molar-refractivity contribution is -0.121. The monoisotopic (exact) mass is 471 g/mol. The minimum absolute atomic E-state index is 0.0874. The molecule has 4 rings (SSSR count). The zero-order valence-corrected chi connectivity index (χ0v) is 19.8. The molecule has 0 radical (unpaired) electrons. The fraction of sp³-hybridized carbons (Fsp3) is 0.241. The number of aryl methyl sites for hydroxylation is 2. The van der Waals surface area contributed by atoms with E-state index in [0.717, 1.165) is 24.8 Å². The van der Waals surface area contributed by atoms with Crippen molar-refractivity contribution in [3.05, 3.63) is 123 Å². The molecule has 0 saturated carbocycles. The fourth-order valence-corrected chi connectivity index (χ4v) is 4.32. The second-order valence-electron chi connectivity index (χ2n) is 8.74. The van der Waals surface area contributed by atoms with Crippen molar-refractivity contribution in [2.75, 3.05) is 0 Å². The number of carbonyl (C=O) groups is 1. The highest BCUT2D eigenvalue weighted by atomic mass is 19.1. The van der Waals surface area contributed by atoms with E-state index < -0.39 is 0 Å². The molecule has 5 nitrogen and oxygen atoms in total. The van der Waals surface area contributed by atoms with Crippen LogP contribution in [-0.4, -0.2) is 15.7 Å². The number of rotatable bonds is 10. The van der Waals surface area contributed by atoms with Crippen LogP contribution in [0.25, 0.3) is 5.69 Å². The summed E-state index contributed by atoms with van der Waals surface area (Å²) in [5.41, 5.74) is 3.96. The Hall–Kier alpha value is -3.93. The van der Waals surface area contributed by atoms with Gasteiger partial charge in [-0.2, -0.15) is 0 Å². The van der Waals surface area contributed by atoms with E-state index in [4.69, 9.17) is 0 Å². The molecule has 1 heterocycles. The largest absolute Gasteiger partial charge is 0.349 e. The van der Waals surface area contributed by atoms with Gasteiger partial charge in [0, 0.05) is 17.7 Å². The Bertz CT molecular complexity index is 1300. The van der Waals surface area contributed by atoms with E-state index in [2.05, 4.69) is 22.5 Å². The van der Waals surface area contributed by atoms with Crippen molar-refractivity contribution in [1.29, 1.82) is 0 Å². The Kier molecular flexibility index (Phi) is 7.93. The number of halogens is 1. The molecule has 180 valence electrons. The molecule has 0 spiro atoms. The maximum absolute atomic E-state index is 13.2. The molecule has 0 bridgehead atoms. The Morgan fingerprint density at radius 2 is 1.60 bits per heavy atom. The number of aromatic nitrogens is 2. The van der Waals surface area contributed by atoms with Gasteiger partial charge in [0.25, 0.3) is 5.56 Å². The third-order valence-corrected chi connectivity index (χ3v) is 6.22. The minimum atomic E-state index is -0.362. The number of hydrogen-bond donors (Lipinski definition) is 2. The lowest BCUT2D eigenvalue weighted by Gasteiger charge is -2.19. The molecular formula is C29H30FN3O2. The summed E-state index contributed by atoms with van der Waals surface area (Å²) in [7, 11) is 0. The molecule has 0 aliphatic carbocycles. The maximum atomic E-state index is 13.2. The third-order valence-electron chi connectivity index (χ3n) is 6.22. The second-order valence-corrected chi connectivity index (χ2v) is 8.74. The van der Waals surface area contributed by atoms with Crippen molar-refractivity contribution in [2.24, 2.45) is 0 Å². The quantitative estimate of drug-likeness (QED) is 0.324. The number of nitrogens with zero attached hydrogens (tertiary/aromatic N) is 1. The van der Waals surface area contributed by atoms with Gasteiger partial charge in [-0.15, -0.1) is 0 Å². The Morgan fingerprint density at radius 3 is 2.29 bits per heavy atom. The van der Waals surface area contributed by atoms with Crippen LogP contribution in [0.4, 0.5) is 4.39 Å². The molecule has 0 saturated heterocycles. The highest BCUT2D eigenvalue weighted by Crippen LogP contribution is 2.20. The SMILES string of the molecule is Cc1[nH]n(-c2ccc(F)cc2)c(=O)c1CCC(=O)N[C@@H](CCCc1ccccc1)c1ccccc1. The molecule has 0 fully saturated rings. The van der Waals surface area contributed by atoms with Crippen LogP contribution in [0.15, 0.2) is 89.7 Å². The van der Waals surface area contributed by atoms with Crippen molar-refractivity contribution in [2.45, 2.75) is 45.1 Å². The zero-order valence-electron chi connectivity index (χ0n) is 19.8. The summed E-state index contributed by atoms with van der Waals surface area (Å²) in [5.74, 6) is -0.453. The van der Waals surface area contributed by atoms with Gasteiger partial charge in [0.05, 0.1) is 11.7 Å². The molecule has 0 aliphatic heterocycles. The lowest BCUT2D eigenvalue weighted by Crippen LogP contribution is -2.29. The van der Waals surface area contributed by atoms with Crippen LogP contribution in [0.3, 0.4) is 0 Å². The molecule has 35 heavy (non-hydrogen) atoms. The first-order valence-electron chi connectivity index (χ1n) is 12.0. The van der Waals surface area contributed by atoms with Gasteiger partial charge in [0.2, 0.25) is 5.91 Å². The van der Waals surface area contributed by atoms with E-state index in [-0.39, 0.29) is 29.7 Å². The summed E-state index contributed by atoms with van der Waals surface area (Å²) in [6.45, 7) is 1.81.